The van der Waals surface area contributed by atoms with E-state index >= 15 is 0 Å². The number of benzene rings is 1. The number of methoxy groups -OCH3 is 1. The molecule has 0 bridgehead atoms. The molecule has 4 heteroatoms. The lowest BCUT2D eigenvalue weighted by molar-refractivity contribution is -0.115. The third-order valence-corrected chi connectivity index (χ3v) is 3.87. The predicted octanol–water partition coefficient (Wildman–Crippen LogP) is 2.40. The Balaban J connectivity index is 1.98. The van der Waals surface area contributed by atoms with Crippen molar-refractivity contribution in [3.05, 3.63) is 18.2 Å². The van der Waals surface area contributed by atoms with Gasteiger partial charge in [0.2, 0.25) is 5.91 Å². The number of ether oxygens (including phenoxy) is 1. The summed E-state index contributed by atoms with van der Waals surface area (Å²) in [5, 5.41) is 2.93. The Morgan fingerprint density at radius 2 is 2.11 bits per heavy atom. The normalized spacial score (nSPS) is 19.6. The summed E-state index contributed by atoms with van der Waals surface area (Å²) in [5.74, 6) is 0.924. The summed E-state index contributed by atoms with van der Waals surface area (Å²) in [6.07, 6.45) is 4.90. The lowest BCUT2D eigenvalue weighted by Crippen LogP contribution is -2.43. The van der Waals surface area contributed by atoms with Gasteiger partial charge in [0.15, 0.2) is 0 Å². The molecule has 0 saturated heterocycles. The molecule has 1 aliphatic heterocycles. The van der Waals surface area contributed by atoms with E-state index in [1.165, 1.54) is 25.7 Å². The first-order valence-electron chi connectivity index (χ1n) is 6.52. The van der Waals surface area contributed by atoms with Crippen molar-refractivity contribution >= 4 is 17.3 Å². The first-order valence-corrected chi connectivity index (χ1v) is 6.52. The van der Waals surface area contributed by atoms with E-state index in [0.29, 0.717) is 12.6 Å². The van der Waals surface area contributed by atoms with Crippen molar-refractivity contribution in [3.8, 4) is 5.75 Å². The second-order valence-corrected chi connectivity index (χ2v) is 5.00. The van der Waals surface area contributed by atoms with E-state index in [9.17, 15) is 4.79 Å². The minimum absolute atomic E-state index is 0.0829. The topological polar surface area (TPSA) is 41.6 Å². The van der Waals surface area contributed by atoms with Gasteiger partial charge in [0, 0.05) is 12.1 Å². The van der Waals surface area contributed by atoms with Crippen LogP contribution in [0.2, 0.25) is 0 Å². The number of hydrogen-bond acceptors (Lipinski definition) is 3. The third kappa shape index (κ3) is 1.92. The van der Waals surface area contributed by atoms with Crippen LogP contribution < -0.4 is 15.0 Å². The van der Waals surface area contributed by atoms with E-state index in [-0.39, 0.29) is 5.91 Å². The van der Waals surface area contributed by atoms with E-state index in [4.69, 9.17) is 4.74 Å². The molecule has 0 radical (unpaired) electrons. The number of anilines is 2. The van der Waals surface area contributed by atoms with Crippen LogP contribution in [0.5, 0.6) is 5.75 Å². The fraction of sp³-hybridized carbons (Fsp3) is 0.500. The highest BCUT2D eigenvalue weighted by Crippen LogP contribution is 2.37. The van der Waals surface area contributed by atoms with Crippen molar-refractivity contribution in [2.24, 2.45) is 0 Å². The van der Waals surface area contributed by atoms with Gasteiger partial charge in [-0.25, -0.2) is 0 Å². The number of nitrogens with zero attached hydrogens (tertiary/aromatic N) is 1. The van der Waals surface area contributed by atoms with Crippen LogP contribution in [0.15, 0.2) is 18.2 Å². The predicted molar refractivity (Wildman–Crippen MR) is 71.2 cm³/mol. The zero-order valence-electron chi connectivity index (χ0n) is 10.6. The van der Waals surface area contributed by atoms with Crippen molar-refractivity contribution in [1.29, 1.82) is 0 Å². The van der Waals surface area contributed by atoms with E-state index in [1.807, 2.05) is 18.2 Å². The van der Waals surface area contributed by atoms with Crippen molar-refractivity contribution in [3.63, 3.8) is 0 Å². The molecule has 1 aliphatic carbocycles. The minimum atomic E-state index is 0.0829. The van der Waals surface area contributed by atoms with Gasteiger partial charge in [-0.2, -0.15) is 0 Å². The van der Waals surface area contributed by atoms with Crippen LogP contribution in [0.1, 0.15) is 25.7 Å². The van der Waals surface area contributed by atoms with Gasteiger partial charge in [0.05, 0.1) is 25.0 Å². The Hall–Kier alpha value is -1.71. The molecule has 0 aromatic heterocycles. The Bertz CT molecular complexity index is 467. The number of fused-ring (bicyclic) bond motifs is 1. The maximum atomic E-state index is 11.8. The van der Waals surface area contributed by atoms with E-state index in [2.05, 4.69) is 10.2 Å². The molecule has 3 rings (SSSR count). The highest BCUT2D eigenvalue weighted by molar-refractivity contribution is 6.01. The highest BCUT2D eigenvalue weighted by atomic mass is 16.5. The number of hydrogen-bond donors (Lipinski definition) is 1. The van der Waals surface area contributed by atoms with Gasteiger partial charge in [0.1, 0.15) is 5.75 Å². The Kier molecular flexibility index (Phi) is 2.86. The zero-order valence-corrected chi connectivity index (χ0v) is 10.6. The Morgan fingerprint density at radius 1 is 1.33 bits per heavy atom. The summed E-state index contributed by atoms with van der Waals surface area (Å²) in [6.45, 7) is 0.463. The summed E-state index contributed by atoms with van der Waals surface area (Å²) < 4.78 is 5.28. The molecule has 1 aromatic rings. The molecule has 1 aromatic carbocycles. The van der Waals surface area contributed by atoms with Gasteiger partial charge in [-0.05, 0) is 25.0 Å². The summed E-state index contributed by atoms with van der Waals surface area (Å²) >= 11 is 0. The molecule has 4 nitrogen and oxygen atoms in total. The minimum Gasteiger partial charge on any atom is -0.497 e. The first kappa shape index (κ1) is 11.4. The number of carbonyl (C=O) groups excluding carboxylic acids is 1. The first-order chi connectivity index (χ1) is 8.78. The van der Waals surface area contributed by atoms with Crippen LogP contribution in [0.4, 0.5) is 11.4 Å². The van der Waals surface area contributed by atoms with Crippen LogP contribution in [-0.2, 0) is 4.79 Å². The lowest BCUT2D eigenvalue weighted by atomic mass is 10.1. The fourth-order valence-electron chi connectivity index (χ4n) is 2.95. The Labute approximate surface area is 107 Å². The summed E-state index contributed by atoms with van der Waals surface area (Å²) in [5.41, 5.74) is 2.00. The van der Waals surface area contributed by atoms with Crippen molar-refractivity contribution in [2.75, 3.05) is 23.9 Å². The number of nitrogens with one attached hydrogen (secondary N) is 1. The largest absolute Gasteiger partial charge is 0.497 e. The van der Waals surface area contributed by atoms with E-state index in [1.54, 1.807) is 7.11 Å². The van der Waals surface area contributed by atoms with Crippen LogP contribution in [0.3, 0.4) is 0 Å². The molecular weight excluding hydrogens is 228 g/mol. The molecular formula is C14H18N2O2. The van der Waals surface area contributed by atoms with Crippen LogP contribution in [-0.4, -0.2) is 25.6 Å². The molecule has 0 atom stereocenters. The van der Waals surface area contributed by atoms with Gasteiger partial charge in [0.25, 0.3) is 0 Å². The summed E-state index contributed by atoms with van der Waals surface area (Å²) in [4.78, 5) is 14.0. The maximum absolute atomic E-state index is 11.8. The van der Waals surface area contributed by atoms with Crippen molar-refractivity contribution in [2.45, 2.75) is 31.7 Å². The zero-order chi connectivity index (χ0) is 12.5. The standard InChI is InChI=1S/C14H18N2O2/c1-18-11-6-7-12-13(8-11)16(9-14(17)15-12)10-4-2-3-5-10/h6-8,10H,2-5,9H2,1H3,(H,15,17). The smallest absolute Gasteiger partial charge is 0.243 e. The van der Waals surface area contributed by atoms with E-state index in [0.717, 1.165) is 17.1 Å². The second kappa shape index (κ2) is 4.52. The molecule has 1 fully saturated rings. The summed E-state index contributed by atoms with van der Waals surface area (Å²) in [7, 11) is 1.67. The van der Waals surface area contributed by atoms with Crippen molar-refractivity contribution < 1.29 is 9.53 Å². The summed E-state index contributed by atoms with van der Waals surface area (Å²) in [6, 6.07) is 6.33. The fourth-order valence-corrected chi connectivity index (χ4v) is 2.95. The Morgan fingerprint density at radius 3 is 2.83 bits per heavy atom. The molecule has 1 amide bonds. The van der Waals surface area contributed by atoms with Crippen LogP contribution in [0, 0.1) is 0 Å². The van der Waals surface area contributed by atoms with Gasteiger partial charge in [-0.3, -0.25) is 4.79 Å². The molecule has 96 valence electrons. The average Bonchev–Trinajstić information content (AvgIpc) is 2.91. The molecule has 1 heterocycles. The average molecular weight is 246 g/mol. The van der Waals surface area contributed by atoms with Crippen LogP contribution in [0.25, 0.3) is 0 Å². The lowest BCUT2D eigenvalue weighted by Gasteiger charge is -2.35. The molecule has 2 aliphatic rings. The SMILES string of the molecule is COc1ccc2c(c1)N(C1CCCC1)CC(=O)N2. The molecule has 1 saturated carbocycles. The molecule has 18 heavy (non-hydrogen) atoms. The number of rotatable bonds is 2. The number of carbonyl (C=O) groups is 1. The van der Waals surface area contributed by atoms with Gasteiger partial charge >= 0.3 is 0 Å². The molecule has 0 unspecified atom stereocenters. The quantitative estimate of drug-likeness (QED) is 0.871. The van der Waals surface area contributed by atoms with Gasteiger partial charge < -0.3 is 15.0 Å². The maximum Gasteiger partial charge on any atom is 0.243 e. The molecule has 0 spiro atoms. The van der Waals surface area contributed by atoms with E-state index < -0.39 is 0 Å². The monoisotopic (exact) mass is 246 g/mol. The molecule has 1 N–H and O–H groups in total. The third-order valence-electron chi connectivity index (χ3n) is 3.87. The number of amides is 1. The van der Waals surface area contributed by atoms with Crippen molar-refractivity contribution in [1.82, 2.24) is 0 Å². The second-order valence-electron chi connectivity index (χ2n) is 5.00. The van der Waals surface area contributed by atoms with Crippen LogP contribution >= 0.6 is 0 Å². The van der Waals surface area contributed by atoms with Gasteiger partial charge in [-0.15, -0.1) is 0 Å². The van der Waals surface area contributed by atoms with Gasteiger partial charge in [-0.1, -0.05) is 12.8 Å². The highest BCUT2D eigenvalue weighted by Gasteiger charge is 2.30.